The van der Waals surface area contributed by atoms with Gasteiger partial charge in [-0.15, -0.1) is 0 Å². The van der Waals surface area contributed by atoms with Gasteiger partial charge in [0.25, 0.3) is 5.91 Å². The highest BCUT2D eigenvalue weighted by molar-refractivity contribution is 5.94. The van der Waals surface area contributed by atoms with Crippen molar-refractivity contribution >= 4 is 23.5 Å². The molecular weight excluding hydrogens is 379 g/mol. The zero-order valence-corrected chi connectivity index (χ0v) is 16.5. The van der Waals surface area contributed by atoms with Crippen LogP contribution in [0.15, 0.2) is 42.5 Å². The van der Waals surface area contributed by atoms with Gasteiger partial charge in [0.1, 0.15) is 11.6 Å². The van der Waals surface area contributed by atoms with Gasteiger partial charge in [-0.3, -0.25) is 14.4 Å². The molecule has 2 aromatic carbocycles. The van der Waals surface area contributed by atoms with Crippen LogP contribution in [-0.2, 0) is 25.5 Å². The van der Waals surface area contributed by atoms with E-state index in [2.05, 4.69) is 5.32 Å². The normalized spacial score (nSPS) is 10.2. The Morgan fingerprint density at radius 2 is 1.79 bits per heavy atom. The lowest BCUT2D eigenvalue weighted by Gasteiger charge is -2.17. The monoisotopic (exact) mass is 402 g/mol. The Kier molecular flexibility index (Phi) is 7.70. The van der Waals surface area contributed by atoms with Gasteiger partial charge in [0.05, 0.1) is 20.1 Å². The van der Waals surface area contributed by atoms with E-state index >= 15 is 0 Å². The number of benzene rings is 2. The minimum Gasteiger partial charge on any atom is -0.496 e. The molecule has 0 aliphatic carbocycles. The van der Waals surface area contributed by atoms with Crippen molar-refractivity contribution in [2.24, 2.45) is 0 Å². The van der Waals surface area contributed by atoms with Crippen molar-refractivity contribution in [3.8, 4) is 5.75 Å². The lowest BCUT2D eigenvalue weighted by Crippen LogP contribution is -2.37. The molecule has 154 valence electrons. The van der Waals surface area contributed by atoms with Crippen LogP contribution in [0, 0.1) is 12.7 Å². The topological polar surface area (TPSA) is 84.9 Å². The molecule has 8 heteroatoms. The third kappa shape index (κ3) is 6.91. The molecule has 1 N–H and O–H groups in total. The molecule has 0 aromatic heterocycles. The van der Waals surface area contributed by atoms with Crippen LogP contribution in [0.25, 0.3) is 0 Å². The first-order chi connectivity index (χ1) is 13.8. The summed E-state index contributed by atoms with van der Waals surface area (Å²) in [5.74, 6) is -1.41. The summed E-state index contributed by atoms with van der Waals surface area (Å²) in [4.78, 5) is 37.3. The predicted octanol–water partition coefficient (Wildman–Crippen LogP) is 2.33. The van der Waals surface area contributed by atoms with Gasteiger partial charge in [-0.05, 0) is 37.3 Å². The van der Waals surface area contributed by atoms with Crippen molar-refractivity contribution in [1.82, 2.24) is 4.90 Å². The molecule has 0 spiro atoms. The van der Waals surface area contributed by atoms with Crippen molar-refractivity contribution in [3.63, 3.8) is 0 Å². The fraction of sp³-hybridized carbons (Fsp3) is 0.286. The molecule has 2 amide bonds. The first-order valence-electron chi connectivity index (χ1n) is 8.87. The SMILES string of the molecule is COc1ccc(C)cc1CC(=O)OCC(=O)N(C)CC(=O)Nc1ccc(F)cc1. The van der Waals surface area contributed by atoms with Crippen molar-refractivity contribution < 1.29 is 28.2 Å². The first-order valence-corrected chi connectivity index (χ1v) is 8.87. The summed E-state index contributed by atoms with van der Waals surface area (Å²) >= 11 is 0. The van der Waals surface area contributed by atoms with Crippen LogP contribution in [0.4, 0.5) is 10.1 Å². The Labute approximate surface area is 168 Å². The molecule has 0 saturated carbocycles. The number of halogens is 1. The standard InChI is InChI=1S/C21H23FN2O5/c1-14-4-9-18(28-3)15(10-14)11-21(27)29-13-20(26)24(2)12-19(25)23-17-7-5-16(22)6-8-17/h4-10H,11-13H2,1-3H3,(H,23,25). The van der Waals surface area contributed by atoms with Gasteiger partial charge < -0.3 is 19.7 Å². The third-order valence-electron chi connectivity index (χ3n) is 4.06. The fourth-order valence-electron chi connectivity index (χ4n) is 2.54. The lowest BCUT2D eigenvalue weighted by molar-refractivity contribution is -0.151. The molecule has 0 unspecified atom stereocenters. The van der Waals surface area contributed by atoms with Crippen LogP contribution in [0.2, 0.25) is 0 Å². The smallest absolute Gasteiger partial charge is 0.310 e. The third-order valence-corrected chi connectivity index (χ3v) is 4.06. The number of carbonyl (C=O) groups is 3. The highest BCUT2D eigenvalue weighted by atomic mass is 19.1. The molecule has 0 radical (unpaired) electrons. The average molecular weight is 402 g/mol. The number of esters is 1. The second kappa shape index (κ2) is 10.2. The Balaban J connectivity index is 1.80. The minimum atomic E-state index is -0.577. The van der Waals surface area contributed by atoms with Gasteiger partial charge in [0.2, 0.25) is 5.91 Å². The van der Waals surface area contributed by atoms with Gasteiger partial charge in [-0.1, -0.05) is 17.7 Å². The molecule has 29 heavy (non-hydrogen) atoms. The van der Waals surface area contributed by atoms with E-state index in [0.717, 1.165) is 10.5 Å². The number of anilines is 1. The van der Waals surface area contributed by atoms with E-state index < -0.39 is 30.2 Å². The number of hydrogen-bond donors (Lipinski definition) is 1. The van der Waals surface area contributed by atoms with Crippen molar-refractivity contribution in [3.05, 3.63) is 59.4 Å². The van der Waals surface area contributed by atoms with Gasteiger partial charge in [0.15, 0.2) is 6.61 Å². The summed E-state index contributed by atoms with van der Waals surface area (Å²) in [6.07, 6.45) is -0.0348. The quantitative estimate of drug-likeness (QED) is 0.685. The fourth-order valence-corrected chi connectivity index (χ4v) is 2.54. The van der Waals surface area contributed by atoms with Crippen LogP contribution >= 0.6 is 0 Å². The molecule has 2 aromatic rings. The number of methoxy groups -OCH3 is 1. The number of hydrogen-bond acceptors (Lipinski definition) is 5. The molecule has 0 saturated heterocycles. The molecule has 7 nitrogen and oxygen atoms in total. The van der Waals surface area contributed by atoms with Crippen LogP contribution in [-0.4, -0.2) is 50.0 Å². The van der Waals surface area contributed by atoms with Gasteiger partial charge in [-0.2, -0.15) is 0 Å². The van der Waals surface area contributed by atoms with E-state index in [1.807, 2.05) is 19.1 Å². The minimum absolute atomic E-state index is 0.0348. The maximum atomic E-state index is 12.9. The second-order valence-electron chi connectivity index (χ2n) is 6.46. The number of amides is 2. The summed E-state index contributed by atoms with van der Waals surface area (Å²) < 4.78 is 23.1. The Morgan fingerprint density at radius 1 is 1.10 bits per heavy atom. The van der Waals surface area contributed by atoms with Crippen LogP contribution in [0.5, 0.6) is 5.75 Å². The summed E-state index contributed by atoms with van der Waals surface area (Å²) in [5.41, 5.74) is 2.05. The zero-order valence-electron chi connectivity index (χ0n) is 16.5. The molecule has 0 aliphatic heterocycles. The summed E-state index contributed by atoms with van der Waals surface area (Å²) in [5, 5.41) is 2.55. The average Bonchev–Trinajstić information content (AvgIpc) is 2.68. The first kappa shape index (κ1) is 21.9. The van der Waals surface area contributed by atoms with E-state index in [0.29, 0.717) is 17.0 Å². The van der Waals surface area contributed by atoms with Crippen molar-refractivity contribution in [2.45, 2.75) is 13.3 Å². The molecular formula is C21H23FN2O5. The summed E-state index contributed by atoms with van der Waals surface area (Å²) in [6.45, 7) is 1.18. The molecule has 0 bridgehead atoms. The Hall–Kier alpha value is -3.42. The number of carbonyl (C=O) groups excluding carboxylic acids is 3. The summed E-state index contributed by atoms with van der Waals surface area (Å²) in [6, 6.07) is 10.7. The molecule has 0 aliphatic rings. The van der Waals surface area contributed by atoms with Crippen LogP contribution in [0.3, 0.4) is 0 Å². The maximum Gasteiger partial charge on any atom is 0.310 e. The number of nitrogens with zero attached hydrogens (tertiary/aromatic N) is 1. The van der Waals surface area contributed by atoms with Gasteiger partial charge in [0, 0.05) is 18.3 Å². The lowest BCUT2D eigenvalue weighted by atomic mass is 10.1. The van der Waals surface area contributed by atoms with Crippen molar-refractivity contribution in [1.29, 1.82) is 0 Å². The van der Waals surface area contributed by atoms with E-state index in [1.165, 1.54) is 38.4 Å². The molecule has 0 heterocycles. The van der Waals surface area contributed by atoms with Gasteiger partial charge in [-0.25, -0.2) is 4.39 Å². The van der Waals surface area contributed by atoms with Crippen LogP contribution < -0.4 is 10.1 Å². The van der Waals surface area contributed by atoms with E-state index in [9.17, 15) is 18.8 Å². The van der Waals surface area contributed by atoms with Crippen LogP contribution in [0.1, 0.15) is 11.1 Å². The summed E-state index contributed by atoms with van der Waals surface area (Å²) in [7, 11) is 2.93. The van der Waals surface area contributed by atoms with E-state index in [1.54, 1.807) is 6.07 Å². The largest absolute Gasteiger partial charge is 0.496 e. The van der Waals surface area contributed by atoms with Gasteiger partial charge >= 0.3 is 5.97 Å². The Morgan fingerprint density at radius 3 is 2.45 bits per heavy atom. The second-order valence-corrected chi connectivity index (χ2v) is 6.46. The maximum absolute atomic E-state index is 12.9. The molecule has 0 fully saturated rings. The number of ether oxygens (including phenoxy) is 2. The highest BCUT2D eigenvalue weighted by Crippen LogP contribution is 2.20. The van der Waals surface area contributed by atoms with E-state index in [-0.39, 0.29) is 13.0 Å². The number of likely N-dealkylation sites (N-methyl/N-ethyl adjacent to an activating group) is 1. The number of rotatable bonds is 8. The number of nitrogens with one attached hydrogen (secondary N) is 1. The predicted molar refractivity (Wildman–Crippen MR) is 105 cm³/mol. The highest BCUT2D eigenvalue weighted by Gasteiger charge is 2.16. The zero-order chi connectivity index (χ0) is 21.4. The van der Waals surface area contributed by atoms with E-state index in [4.69, 9.17) is 9.47 Å². The Bertz CT molecular complexity index is 883. The van der Waals surface area contributed by atoms with Crippen molar-refractivity contribution in [2.75, 3.05) is 32.6 Å². The molecule has 2 rings (SSSR count). The molecule has 0 atom stereocenters. The number of aryl methyl sites for hydroxylation is 1.